The van der Waals surface area contributed by atoms with E-state index in [4.69, 9.17) is 28.4 Å². The average Bonchev–Trinajstić information content (AvgIpc) is 3.55. The fourth-order valence-electron chi connectivity index (χ4n) is 13.9. The summed E-state index contributed by atoms with van der Waals surface area (Å²) in [5.74, 6) is 1.11. The van der Waals surface area contributed by atoms with Gasteiger partial charge in [-0.25, -0.2) is 0 Å². The Kier molecular flexibility index (Phi) is 16.0. The van der Waals surface area contributed by atoms with Crippen molar-refractivity contribution in [3.8, 4) is 0 Å². The predicted octanol–water partition coefficient (Wildman–Crippen LogP) is -0.249. The van der Waals surface area contributed by atoms with Gasteiger partial charge in [0.15, 0.2) is 18.9 Å². The molecular weight excluding hydrogens is 865 g/mol. The molecule has 0 unspecified atom stereocenters. The molecule has 0 aromatic carbocycles. The maximum absolute atomic E-state index is 12.5. The number of ether oxygens (including phenoxy) is 6. The highest BCUT2D eigenvalue weighted by Crippen LogP contribution is 2.75. The number of fused-ring (bicyclic) bond motifs is 5. The van der Waals surface area contributed by atoms with Crippen LogP contribution in [0.4, 0.5) is 0 Å². The van der Waals surface area contributed by atoms with Crippen LogP contribution in [0.15, 0.2) is 23.3 Å². The van der Waals surface area contributed by atoms with Crippen molar-refractivity contribution < 1.29 is 89.7 Å². The van der Waals surface area contributed by atoms with Gasteiger partial charge in [0.2, 0.25) is 0 Å². The minimum Gasteiger partial charge on any atom is -0.394 e. The molecule has 18 heteroatoms. The van der Waals surface area contributed by atoms with Crippen molar-refractivity contribution in [3.63, 3.8) is 0 Å². The van der Waals surface area contributed by atoms with E-state index in [2.05, 4.69) is 53.7 Å². The summed E-state index contributed by atoms with van der Waals surface area (Å²) in [6, 6.07) is 0. The Morgan fingerprint density at radius 3 is 1.85 bits per heavy atom. The van der Waals surface area contributed by atoms with Crippen LogP contribution in [0, 0.1) is 45.3 Å². The second-order valence-corrected chi connectivity index (χ2v) is 22.1. The van der Waals surface area contributed by atoms with Gasteiger partial charge in [0.05, 0.1) is 38.6 Å². The lowest BCUT2D eigenvalue weighted by Gasteiger charge is -2.67. The molecule has 3 heterocycles. The van der Waals surface area contributed by atoms with Crippen LogP contribution in [0.5, 0.6) is 0 Å². The molecule has 0 aromatic heterocycles. The molecule has 0 amide bonds. The van der Waals surface area contributed by atoms with Gasteiger partial charge in [-0.1, -0.05) is 64.8 Å². The van der Waals surface area contributed by atoms with Crippen molar-refractivity contribution in [2.24, 2.45) is 45.3 Å². The zero-order valence-corrected chi connectivity index (χ0v) is 39.6. The van der Waals surface area contributed by atoms with Crippen molar-refractivity contribution in [2.75, 3.05) is 26.4 Å². The lowest BCUT2D eigenvalue weighted by atomic mass is 9.38. The van der Waals surface area contributed by atoms with Gasteiger partial charge in [-0.3, -0.25) is 0 Å². The largest absolute Gasteiger partial charge is 0.394 e. The maximum Gasteiger partial charge on any atom is 0.187 e. The first-order valence-electron chi connectivity index (χ1n) is 24.2. The summed E-state index contributed by atoms with van der Waals surface area (Å²) in [7, 11) is 0. The number of hydrogen-bond acceptors (Lipinski definition) is 18. The Morgan fingerprint density at radius 2 is 1.24 bits per heavy atom. The van der Waals surface area contributed by atoms with E-state index in [0.29, 0.717) is 24.7 Å². The van der Waals surface area contributed by atoms with Crippen LogP contribution in [0.1, 0.15) is 99.8 Å². The van der Waals surface area contributed by atoms with Gasteiger partial charge >= 0.3 is 0 Å². The van der Waals surface area contributed by atoms with Crippen LogP contribution < -0.4 is 0 Å². The molecule has 66 heavy (non-hydrogen) atoms. The Balaban J connectivity index is 0.944. The van der Waals surface area contributed by atoms with Crippen LogP contribution in [-0.4, -0.2) is 192 Å². The van der Waals surface area contributed by atoms with E-state index in [9.17, 15) is 61.3 Å². The van der Waals surface area contributed by atoms with E-state index in [1.54, 1.807) is 0 Å². The number of allylic oxidation sites excluding steroid dienone is 2. The normalized spacial score (nSPS) is 51.1. The van der Waals surface area contributed by atoms with Gasteiger partial charge < -0.3 is 89.7 Å². The summed E-state index contributed by atoms with van der Waals surface area (Å²) in [5, 5.41) is 126. The molecule has 4 aliphatic carbocycles. The molecule has 3 saturated heterocycles. The Morgan fingerprint density at radius 1 is 0.697 bits per heavy atom. The van der Waals surface area contributed by atoms with Crippen molar-refractivity contribution >= 4 is 0 Å². The molecule has 18 nitrogen and oxygen atoms in total. The molecule has 24 atom stereocenters. The first kappa shape index (κ1) is 52.6. The van der Waals surface area contributed by atoms with Crippen LogP contribution in [0.3, 0.4) is 0 Å². The van der Waals surface area contributed by atoms with E-state index >= 15 is 0 Å². The standard InChI is InChI=1S/C48H80O18/c1-22(20-61-42-40(59)38(57)35(54)29(65-42)21-62-43-39(58)36(55)33(52)27(18-49)63-43)9-8-10-23(2)24-15-16-46(5)30-13-11-25-26(48(30,7)31(51)17-47(24,46)6)12-14-32(45(25,3)4)66-44-41(60)37(56)34(53)28(19-50)64-44/h9,11,23-24,26-44,49-60H,8,10,12-21H2,1-7H3/b22-9+/t23-,24+,26+,27+,28+,29+,30+,31+,32-,33+,34+,35+,36-,37-,38-,39+,40+,41+,42+,43+,44-,46-,47+,48-/m0/s1. The number of aliphatic hydroxyl groups is 12. The van der Waals surface area contributed by atoms with Crippen LogP contribution in [0.2, 0.25) is 0 Å². The molecule has 0 spiro atoms. The molecule has 0 bridgehead atoms. The summed E-state index contributed by atoms with van der Waals surface area (Å²) < 4.78 is 34.7. The number of hydrogen-bond donors (Lipinski definition) is 12. The lowest BCUT2D eigenvalue weighted by Crippen LogP contribution is -2.65. The topological polar surface area (TPSA) is 298 Å². The molecule has 0 radical (unpaired) electrons. The second-order valence-electron chi connectivity index (χ2n) is 22.1. The van der Waals surface area contributed by atoms with Crippen molar-refractivity contribution in [3.05, 3.63) is 23.3 Å². The molecule has 12 N–H and O–H groups in total. The zero-order valence-electron chi connectivity index (χ0n) is 39.6. The fourth-order valence-corrected chi connectivity index (χ4v) is 13.9. The van der Waals surface area contributed by atoms with Crippen molar-refractivity contribution in [2.45, 2.75) is 204 Å². The van der Waals surface area contributed by atoms with Crippen molar-refractivity contribution in [1.29, 1.82) is 0 Å². The summed E-state index contributed by atoms with van der Waals surface area (Å²) >= 11 is 0. The third kappa shape index (κ3) is 9.04. The molecular formula is C48H80O18. The van der Waals surface area contributed by atoms with Gasteiger partial charge in [-0.05, 0) is 92.8 Å². The lowest BCUT2D eigenvalue weighted by molar-refractivity contribution is -0.330. The predicted molar refractivity (Wildman–Crippen MR) is 234 cm³/mol. The maximum atomic E-state index is 12.5. The fraction of sp³-hybridized carbons (Fsp3) is 0.917. The Hall–Kier alpha value is -1.24. The SMILES string of the molecule is C/C(=C\CC[C@H](C)[C@H]1CC[C@@]2(C)[C@H]3CC=C4[C@@H](CC[C@H](O[C@@H]5O[C@H](CO)[C@@H](O)[C@H](O)[C@H]5O)C4(C)C)[C@]3(C)[C@H](O)C[C@]12C)CO[C@@H]1O[C@H](CO[C@@H]2O[C@H](CO)[C@@H](O)[C@H](O)[C@H]2O)[C@@H](O)[C@H](O)[C@H]1O. The molecule has 6 fully saturated rings. The van der Waals surface area contributed by atoms with E-state index in [0.717, 1.165) is 44.1 Å². The molecule has 380 valence electrons. The summed E-state index contributed by atoms with van der Waals surface area (Å²) in [6.45, 7) is 14.1. The monoisotopic (exact) mass is 945 g/mol. The van der Waals surface area contributed by atoms with Crippen LogP contribution in [-0.2, 0) is 28.4 Å². The van der Waals surface area contributed by atoms with Gasteiger partial charge in [0, 0.05) is 10.8 Å². The van der Waals surface area contributed by atoms with Crippen LogP contribution >= 0.6 is 0 Å². The molecule has 3 saturated carbocycles. The molecule has 7 aliphatic rings. The van der Waals surface area contributed by atoms with E-state index in [1.807, 2.05) is 6.92 Å². The van der Waals surface area contributed by atoms with E-state index < -0.39 is 123 Å². The first-order valence-corrected chi connectivity index (χ1v) is 24.2. The minimum absolute atomic E-state index is 0.0218. The smallest absolute Gasteiger partial charge is 0.187 e. The number of aliphatic hydroxyl groups excluding tert-OH is 12. The summed E-state index contributed by atoms with van der Waals surface area (Å²) in [5.41, 5.74) is 1.13. The van der Waals surface area contributed by atoms with Gasteiger partial charge in [-0.15, -0.1) is 0 Å². The highest BCUT2D eigenvalue weighted by atomic mass is 16.7. The van der Waals surface area contributed by atoms with Gasteiger partial charge in [0.25, 0.3) is 0 Å². The first-order chi connectivity index (χ1) is 31.0. The summed E-state index contributed by atoms with van der Waals surface area (Å²) in [6.07, 6.45) is -11.3. The summed E-state index contributed by atoms with van der Waals surface area (Å²) in [4.78, 5) is 0. The molecule has 0 aromatic rings. The molecule has 3 aliphatic heterocycles. The number of rotatable bonds is 14. The Labute approximate surface area is 388 Å². The van der Waals surface area contributed by atoms with Gasteiger partial charge in [-0.2, -0.15) is 0 Å². The van der Waals surface area contributed by atoms with Crippen molar-refractivity contribution in [1.82, 2.24) is 0 Å². The quantitative estimate of drug-likeness (QED) is 0.100. The zero-order chi connectivity index (χ0) is 48.4. The third-order valence-corrected chi connectivity index (χ3v) is 18.3. The average molecular weight is 945 g/mol. The van der Waals surface area contributed by atoms with Gasteiger partial charge in [0.1, 0.15) is 73.2 Å². The second kappa shape index (κ2) is 20.1. The molecule has 7 rings (SSSR count). The third-order valence-electron chi connectivity index (χ3n) is 18.3. The highest BCUT2D eigenvalue weighted by Gasteiger charge is 2.70. The highest BCUT2D eigenvalue weighted by molar-refractivity contribution is 5.32. The minimum atomic E-state index is -1.67. The Bertz CT molecular complexity index is 1710. The van der Waals surface area contributed by atoms with Crippen LogP contribution in [0.25, 0.3) is 0 Å². The van der Waals surface area contributed by atoms with E-state index in [-0.39, 0.29) is 40.8 Å². The van der Waals surface area contributed by atoms with E-state index in [1.165, 1.54) is 5.57 Å².